The van der Waals surface area contributed by atoms with Gasteiger partial charge < -0.3 is 5.11 Å². The Balaban J connectivity index is 3.22. The third kappa shape index (κ3) is 2.95. The van der Waals surface area contributed by atoms with Gasteiger partial charge >= 0.3 is 5.97 Å². The number of alkyl halides is 1. The van der Waals surface area contributed by atoms with E-state index in [0.29, 0.717) is 11.1 Å². The fraction of sp³-hybridized carbons (Fsp3) is 0.200. The summed E-state index contributed by atoms with van der Waals surface area (Å²) >= 11 is 8.94. The maximum Gasteiger partial charge on any atom is 0.307 e. The highest BCUT2D eigenvalue weighted by Gasteiger charge is 2.10. The Labute approximate surface area is 100 Å². The molecule has 78 valence electrons. The zero-order valence-corrected chi connectivity index (χ0v) is 9.97. The fourth-order valence-corrected chi connectivity index (χ4v) is 2.09. The van der Waals surface area contributed by atoms with Crippen LogP contribution in [-0.2, 0) is 17.1 Å². The van der Waals surface area contributed by atoms with Crippen LogP contribution >= 0.6 is 27.5 Å². The summed E-state index contributed by atoms with van der Waals surface area (Å²) in [6.07, 6.45) is -0.163. The van der Waals surface area contributed by atoms with Crippen LogP contribution in [0.15, 0.2) is 16.6 Å². The molecule has 5 heteroatoms. The molecule has 1 aromatic rings. The van der Waals surface area contributed by atoms with Gasteiger partial charge in [-0.05, 0) is 23.3 Å². The van der Waals surface area contributed by atoms with Crippen LogP contribution in [0, 0.1) is 11.3 Å². The summed E-state index contributed by atoms with van der Waals surface area (Å²) in [5.41, 5.74) is 1.63. The molecule has 0 aliphatic rings. The lowest BCUT2D eigenvalue weighted by molar-refractivity contribution is -0.136. The molecule has 0 radical (unpaired) electrons. The van der Waals surface area contributed by atoms with Gasteiger partial charge in [-0.25, -0.2) is 0 Å². The molecule has 1 rings (SSSR count). The van der Waals surface area contributed by atoms with Crippen molar-refractivity contribution in [3.8, 4) is 6.07 Å². The normalized spacial score (nSPS) is 9.67. The van der Waals surface area contributed by atoms with Crippen LogP contribution in [0.3, 0.4) is 0 Å². The summed E-state index contributed by atoms with van der Waals surface area (Å²) in [4.78, 5) is 10.6. The highest BCUT2D eigenvalue weighted by Crippen LogP contribution is 2.23. The van der Waals surface area contributed by atoms with E-state index in [1.807, 2.05) is 6.07 Å². The number of nitrogens with zero attached hydrogens (tertiary/aromatic N) is 1. The number of rotatable bonds is 3. The highest BCUT2D eigenvalue weighted by atomic mass is 79.9. The van der Waals surface area contributed by atoms with Crippen LogP contribution in [0.1, 0.15) is 16.7 Å². The molecule has 0 aromatic heterocycles. The van der Waals surface area contributed by atoms with Crippen molar-refractivity contribution in [2.24, 2.45) is 0 Å². The number of aliphatic carboxylic acids is 1. The van der Waals surface area contributed by atoms with Gasteiger partial charge in [0.05, 0.1) is 18.1 Å². The molecule has 0 fully saturated rings. The van der Waals surface area contributed by atoms with E-state index in [1.54, 1.807) is 12.1 Å². The van der Waals surface area contributed by atoms with Crippen LogP contribution < -0.4 is 0 Å². The van der Waals surface area contributed by atoms with Crippen LogP contribution in [0.2, 0.25) is 0 Å². The zero-order valence-electron chi connectivity index (χ0n) is 7.63. The van der Waals surface area contributed by atoms with E-state index >= 15 is 0 Å². The lowest BCUT2D eigenvalue weighted by Crippen LogP contribution is -2.03. The van der Waals surface area contributed by atoms with Crippen LogP contribution in [0.5, 0.6) is 0 Å². The van der Waals surface area contributed by atoms with E-state index in [1.165, 1.54) is 0 Å². The summed E-state index contributed by atoms with van der Waals surface area (Å²) in [6.45, 7) is 0. The molecule has 0 spiro atoms. The van der Waals surface area contributed by atoms with Gasteiger partial charge in [0, 0.05) is 10.4 Å². The first-order chi connectivity index (χ1) is 7.08. The summed E-state index contributed by atoms with van der Waals surface area (Å²) in [6, 6.07) is 5.20. The molecule has 0 bridgehead atoms. The highest BCUT2D eigenvalue weighted by molar-refractivity contribution is 9.10. The quantitative estimate of drug-likeness (QED) is 0.870. The molecule has 0 unspecified atom stereocenters. The first-order valence-corrected chi connectivity index (χ1v) is 5.40. The molecule has 3 nitrogen and oxygen atoms in total. The summed E-state index contributed by atoms with van der Waals surface area (Å²) in [5.74, 6) is -0.681. The second-order valence-corrected chi connectivity index (χ2v) is 4.04. The summed E-state index contributed by atoms with van der Waals surface area (Å²) < 4.78 is 0.729. The molecule has 0 saturated carbocycles. The van der Waals surface area contributed by atoms with Gasteiger partial charge in [-0.15, -0.1) is 11.6 Å². The third-order valence-corrected chi connectivity index (χ3v) is 2.90. The number of benzene rings is 1. The summed E-state index contributed by atoms with van der Waals surface area (Å²) in [5, 5.41) is 17.5. The van der Waals surface area contributed by atoms with E-state index in [-0.39, 0.29) is 12.3 Å². The maximum atomic E-state index is 10.6. The van der Waals surface area contributed by atoms with Crippen molar-refractivity contribution in [2.45, 2.75) is 12.3 Å². The lowest BCUT2D eigenvalue weighted by atomic mass is 10.0. The van der Waals surface area contributed by atoms with Crippen molar-refractivity contribution in [1.82, 2.24) is 0 Å². The van der Waals surface area contributed by atoms with E-state index < -0.39 is 5.97 Å². The van der Waals surface area contributed by atoms with E-state index in [9.17, 15) is 4.79 Å². The number of halogens is 2. The molecule has 0 amide bonds. The number of hydrogen-bond acceptors (Lipinski definition) is 2. The molecule has 0 aliphatic carbocycles. The van der Waals surface area contributed by atoms with E-state index in [0.717, 1.165) is 10.0 Å². The molecule has 1 N–H and O–H groups in total. The Kier molecular flexibility index (Phi) is 4.13. The number of carboxylic acid groups (broad SMARTS) is 1. The van der Waals surface area contributed by atoms with Crippen LogP contribution in [0.25, 0.3) is 0 Å². The molecule has 0 atom stereocenters. The SMILES string of the molecule is N#Cc1cc(CCl)c(Br)cc1CC(=O)O. The lowest BCUT2D eigenvalue weighted by Gasteiger charge is -2.05. The third-order valence-electron chi connectivity index (χ3n) is 1.88. The number of carboxylic acids is 1. The van der Waals surface area contributed by atoms with Crippen molar-refractivity contribution < 1.29 is 9.90 Å². The first kappa shape index (κ1) is 12.0. The Hall–Kier alpha value is -1.05. The van der Waals surface area contributed by atoms with Crippen LogP contribution in [-0.4, -0.2) is 11.1 Å². The van der Waals surface area contributed by atoms with Crippen molar-refractivity contribution >= 4 is 33.5 Å². The minimum absolute atomic E-state index is 0.163. The van der Waals surface area contributed by atoms with Crippen molar-refractivity contribution in [2.75, 3.05) is 0 Å². The van der Waals surface area contributed by atoms with Gasteiger partial charge in [-0.3, -0.25) is 4.79 Å². The standard InChI is InChI=1S/C10H7BrClNO2/c11-9-2-6(3-10(14)15)8(5-13)1-7(9)4-12/h1-2H,3-4H2,(H,14,15). The minimum atomic E-state index is -0.961. The number of nitriles is 1. The van der Waals surface area contributed by atoms with Crippen molar-refractivity contribution in [3.63, 3.8) is 0 Å². The second-order valence-electron chi connectivity index (χ2n) is 2.92. The molecular weight excluding hydrogens is 281 g/mol. The van der Waals surface area contributed by atoms with E-state index in [4.69, 9.17) is 22.0 Å². The average Bonchev–Trinajstić information content (AvgIpc) is 2.17. The predicted octanol–water partition coefficient (Wildman–Crippen LogP) is 2.69. The molecule has 0 heterocycles. The smallest absolute Gasteiger partial charge is 0.307 e. The van der Waals surface area contributed by atoms with Crippen LogP contribution in [0.4, 0.5) is 0 Å². The maximum absolute atomic E-state index is 10.6. The number of hydrogen-bond donors (Lipinski definition) is 1. The molecular formula is C10H7BrClNO2. The van der Waals surface area contributed by atoms with Crippen molar-refractivity contribution in [3.05, 3.63) is 33.3 Å². The van der Waals surface area contributed by atoms with Gasteiger partial charge in [0.25, 0.3) is 0 Å². The van der Waals surface area contributed by atoms with Gasteiger partial charge in [0.2, 0.25) is 0 Å². The largest absolute Gasteiger partial charge is 0.481 e. The Morgan fingerprint density at radius 2 is 2.20 bits per heavy atom. The minimum Gasteiger partial charge on any atom is -0.481 e. The Morgan fingerprint density at radius 3 is 2.67 bits per heavy atom. The topological polar surface area (TPSA) is 61.1 Å². The molecule has 1 aromatic carbocycles. The predicted molar refractivity (Wildman–Crippen MR) is 59.8 cm³/mol. The summed E-state index contributed by atoms with van der Waals surface area (Å²) in [7, 11) is 0. The van der Waals surface area contributed by atoms with Gasteiger partial charge in [0.1, 0.15) is 0 Å². The first-order valence-electron chi connectivity index (χ1n) is 4.07. The van der Waals surface area contributed by atoms with Gasteiger partial charge in [-0.2, -0.15) is 5.26 Å². The monoisotopic (exact) mass is 287 g/mol. The molecule has 15 heavy (non-hydrogen) atoms. The zero-order chi connectivity index (χ0) is 11.4. The fourth-order valence-electron chi connectivity index (χ4n) is 1.17. The second kappa shape index (κ2) is 5.15. The number of carbonyl (C=O) groups is 1. The average molecular weight is 289 g/mol. The van der Waals surface area contributed by atoms with E-state index in [2.05, 4.69) is 15.9 Å². The van der Waals surface area contributed by atoms with Crippen molar-refractivity contribution in [1.29, 1.82) is 5.26 Å². The Morgan fingerprint density at radius 1 is 1.53 bits per heavy atom. The molecule has 0 aliphatic heterocycles. The van der Waals surface area contributed by atoms with Gasteiger partial charge in [0.15, 0.2) is 0 Å². The molecule has 0 saturated heterocycles. The Bertz CT molecular complexity index is 440. The van der Waals surface area contributed by atoms with Gasteiger partial charge in [-0.1, -0.05) is 15.9 Å².